The van der Waals surface area contributed by atoms with Crippen LogP contribution in [0, 0.1) is 0 Å². The van der Waals surface area contributed by atoms with Gasteiger partial charge in [-0.3, -0.25) is 4.79 Å². The molecule has 1 fully saturated rings. The number of nitrogens with one attached hydrogen (secondary N) is 3. The Bertz CT molecular complexity index is 1900. The molecular formula is C37H32ClN3O6. The van der Waals surface area contributed by atoms with Gasteiger partial charge in [-0.25, -0.2) is 9.59 Å². The predicted molar refractivity (Wildman–Crippen MR) is 182 cm³/mol. The zero-order valence-corrected chi connectivity index (χ0v) is 26.0. The number of fused-ring (bicyclic) bond motifs is 1. The van der Waals surface area contributed by atoms with Crippen LogP contribution in [-0.2, 0) is 0 Å². The molecule has 1 aliphatic carbocycles. The molecule has 1 aliphatic rings. The number of urea groups is 1. The molecule has 6 rings (SSSR count). The summed E-state index contributed by atoms with van der Waals surface area (Å²) in [5.74, 6) is 0.457. The van der Waals surface area contributed by atoms with Crippen molar-refractivity contribution >= 4 is 51.7 Å². The Kier molecular flexibility index (Phi) is 9.54. The summed E-state index contributed by atoms with van der Waals surface area (Å²) in [7, 11) is 0. The Balaban J connectivity index is 0.994. The smallest absolute Gasteiger partial charge is 0.337 e. The molecule has 238 valence electrons. The van der Waals surface area contributed by atoms with E-state index >= 15 is 0 Å². The molecule has 0 aliphatic heterocycles. The molecule has 0 atom stereocenters. The third kappa shape index (κ3) is 8.19. The molecule has 0 bridgehead atoms. The number of anilines is 2. The summed E-state index contributed by atoms with van der Waals surface area (Å²) in [4.78, 5) is 36.5. The Labute approximate surface area is 276 Å². The molecule has 0 aromatic heterocycles. The number of carboxylic acid groups (broad SMARTS) is 1. The van der Waals surface area contributed by atoms with Crippen LogP contribution in [0.4, 0.5) is 16.2 Å². The topological polar surface area (TPSA) is 126 Å². The summed E-state index contributed by atoms with van der Waals surface area (Å²) in [6.45, 7) is 0. The number of halogens is 1. The minimum Gasteiger partial charge on any atom is -0.490 e. The Morgan fingerprint density at radius 1 is 0.702 bits per heavy atom. The average Bonchev–Trinajstić information content (AvgIpc) is 3.07. The van der Waals surface area contributed by atoms with Crippen LogP contribution in [0.1, 0.15) is 46.4 Å². The van der Waals surface area contributed by atoms with Crippen molar-refractivity contribution < 1.29 is 29.0 Å². The van der Waals surface area contributed by atoms with E-state index in [9.17, 15) is 19.5 Å². The van der Waals surface area contributed by atoms with E-state index in [1.807, 2.05) is 36.4 Å². The van der Waals surface area contributed by atoms with Gasteiger partial charge in [-0.1, -0.05) is 35.9 Å². The van der Waals surface area contributed by atoms with Gasteiger partial charge in [0.25, 0.3) is 5.91 Å². The molecule has 0 unspecified atom stereocenters. The number of rotatable bonds is 9. The van der Waals surface area contributed by atoms with E-state index in [-0.39, 0.29) is 29.4 Å². The zero-order chi connectivity index (χ0) is 32.8. The van der Waals surface area contributed by atoms with Crippen LogP contribution in [-0.4, -0.2) is 35.2 Å². The first-order valence-corrected chi connectivity index (χ1v) is 15.6. The first-order chi connectivity index (χ1) is 22.8. The van der Waals surface area contributed by atoms with Crippen LogP contribution in [0.5, 0.6) is 17.2 Å². The number of carbonyl (C=O) groups excluding carboxylic acids is 2. The number of carbonyl (C=O) groups is 3. The van der Waals surface area contributed by atoms with E-state index in [1.54, 1.807) is 66.7 Å². The van der Waals surface area contributed by atoms with Gasteiger partial charge in [0.15, 0.2) is 0 Å². The number of amides is 3. The lowest BCUT2D eigenvalue weighted by Crippen LogP contribution is -2.41. The number of aromatic carboxylic acids is 1. The molecule has 10 heteroatoms. The van der Waals surface area contributed by atoms with E-state index < -0.39 is 11.9 Å². The molecule has 0 spiro atoms. The average molecular weight is 650 g/mol. The first kappa shape index (κ1) is 31.4. The van der Waals surface area contributed by atoms with Gasteiger partial charge in [0.2, 0.25) is 0 Å². The molecule has 9 nitrogen and oxygen atoms in total. The van der Waals surface area contributed by atoms with Crippen LogP contribution >= 0.6 is 11.6 Å². The van der Waals surface area contributed by atoms with Gasteiger partial charge in [-0.15, -0.1) is 0 Å². The van der Waals surface area contributed by atoms with E-state index in [4.69, 9.17) is 21.1 Å². The van der Waals surface area contributed by atoms with Crippen molar-refractivity contribution in [2.45, 2.75) is 37.8 Å². The molecule has 0 radical (unpaired) electrons. The van der Waals surface area contributed by atoms with E-state index in [0.717, 1.165) is 42.2 Å². The fraction of sp³-hybridized carbons (Fsp3) is 0.162. The lowest BCUT2D eigenvalue weighted by atomic mass is 9.93. The van der Waals surface area contributed by atoms with Crippen molar-refractivity contribution in [2.75, 3.05) is 10.6 Å². The zero-order valence-electron chi connectivity index (χ0n) is 25.2. The van der Waals surface area contributed by atoms with Crippen molar-refractivity contribution in [3.8, 4) is 17.2 Å². The maximum Gasteiger partial charge on any atom is 0.337 e. The molecule has 47 heavy (non-hydrogen) atoms. The number of benzene rings is 5. The summed E-state index contributed by atoms with van der Waals surface area (Å²) in [6, 6.07) is 31.5. The Morgan fingerprint density at radius 3 is 2.04 bits per heavy atom. The van der Waals surface area contributed by atoms with Gasteiger partial charge in [0.1, 0.15) is 17.2 Å². The number of para-hydroxylation sites is 1. The standard InChI is InChI=1S/C37H32ClN3O6/c38-26-9-11-27(12-10-26)39-37(45)40-28-13-19-30(20-14-28)47-32-18-8-24-21-31(17-7-25(24)22-32)46-29-15-5-23(6-16-29)35(42)41-34-4-2-1-3-33(34)36(43)44/h1-12,15-18,21-22,28,30H,13-14,19-20H2,(H,41,42)(H,43,44)(H2,39,40,45). The van der Waals surface area contributed by atoms with Crippen molar-refractivity contribution in [3.63, 3.8) is 0 Å². The number of hydrogen-bond acceptors (Lipinski definition) is 5. The SMILES string of the molecule is O=C(Nc1ccc(Cl)cc1)NC1CCC(Oc2ccc3cc(Oc4ccc(C(=O)Nc5ccccc5C(=O)O)cc4)ccc3c2)CC1. The van der Waals surface area contributed by atoms with Crippen LogP contribution in [0.2, 0.25) is 5.02 Å². The summed E-state index contributed by atoms with van der Waals surface area (Å²) in [5, 5.41) is 20.5. The lowest BCUT2D eigenvalue weighted by molar-refractivity contribution is 0.0698. The van der Waals surface area contributed by atoms with Gasteiger partial charge in [0.05, 0.1) is 17.4 Å². The minimum absolute atomic E-state index is 0.0185. The molecule has 0 heterocycles. The first-order valence-electron chi connectivity index (χ1n) is 15.2. The van der Waals surface area contributed by atoms with Crippen LogP contribution < -0.4 is 25.4 Å². The van der Waals surface area contributed by atoms with Gasteiger partial charge in [0, 0.05) is 22.3 Å². The van der Waals surface area contributed by atoms with E-state index in [1.165, 1.54) is 6.07 Å². The molecule has 0 saturated heterocycles. The van der Waals surface area contributed by atoms with Crippen molar-refractivity contribution in [2.24, 2.45) is 0 Å². The second-order valence-electron chi connectivity index (χ2n) is 11.3. The van der Waals surface area contributed by atoms with Gasteiger partial charge in [-0.2, -0.15) is 0 Å². The van der Waals surface area contributed by atoms with Crippen LogP contribution in [0.3, 0.4) is 0 Å². The van der Waals surface area contributed by atoms with Gasteiger partial charge >= 0.3 is 12.0 Å². The summed E-state index contributed by atoms with van der Waals surface area (Å²) >= 11 is 5.91. The van der Waals surface area contributed by atoms with E-state index in [2.05, 4.69) is 16.0 Å². The van der Waals surface area contributed by atoms with Crippen molar-refractivity contribution in [3.05, 3.63) is 125 Å². The summed E-state index contributed by atoms with van der Waals surface area (Å²) < 4.78 is 12.3. The Hall–Kier alpha value is -5.54. The Morgan fingerprint density at radius 2 is 1.34 bits per heavy atom. The summed E-state index contributed by atoms with van der Waals surface area (Å²) in [6.07, 6.45) is 3.41. The van der Waals surface area contributed by atoms with Gasteiger partial charge < -0.3 is 30.5 Å². The molecule has 1 saturated carbocycles. The lowest BCUT2D eigenvalue weighted by Gasteiger charge is -2.29. The molecular weight excluding hydrogens is 618 g/mol. The normalized spacial score (nSPS) is 15.8. The highest BCUT2D eigenvalue weighted by Gasteiger charge is 2.24. The summed E-state index contributed by atoms with van der Waals surface area (Å²) in [5.41, 5.74) is 1.31. The van der Waals surface area contributed by atoms with Crippen molar-refractivity contribution in [1.29, 1.82) is 0 Å². The monoisotopic (exact) mass is 649 g/mol. The molecule has 5 aromatic rings. The number of carboxylic acids is 1. The highest BCUT2D eigenvalue weighted by Crippen LogP contribution is 2.30. The third-order valence-corrected chi connectivity index (χ3v) is 8.21. The number of ether oxygens (including phenoxy) is 2. The number of hydrogen-bond donors (Lipinski definition) is 4. The minimum atomic E-state index is -1.12. The van der Waals surface area contributed by atoms with Crippen molar-refractivity contribution in [1.82, 2.24) is 5.32 Å². The quantitative estimate of drug-likeness (QED) is 0.126. The predicted octanol–water partition coefficient (Wildman–Crippen LogP) is 8.75. The fourth-order valence-electron chi connectivity index (χ4n) is 5.53. The second-order valence-corrected chi connectivity index (χ2v) is 11.7. The maximum atomic E-state index is 12.7. The highest BCUT2D eigenvalue weighted by atomic mass is 35.5. The third-order valence-electron chi connectivity index (χ3n) is 7.96. The molecule has 3 amide bonds. The maximum absolute atomic E-state index is 12.7. The highest BCUT2D eigenvalue weighted by molar-refractivity contribution is 6.30. The van der Waals surface area contributed by atoms with Gasteiger partial charge in [-0.05, 0) is 121 Å². The largest absolute Gasteiger partial charge is 0.490 e. The fourth-order valence-corrected chi connectivity index (χ4v) is 5.65. The molecule has 4 N–H and O–H groups in total. The second kappa shape index (κ2) is 14.3. The van der Waals surface area contributed by atoms with Crippen LogP contribution in [0.25, 0.3) is 10.8 Å². The molecule has 5 aromatic carbocycles. The van der Waals surface area contributed by atoms with Crippen LogP contribution in [0.15, 0.2) is 109 Å². The van der Waals surface area contributed by atoms with E-state index in [0.29, 0.717) is 27.8 Å².